The zero-order chi connectivity index (χ0) is 26.9. The molecule has 2 atom stereocenters. The van der Waals surface area contributed by atoms with E-state index in [-0.39, 0.29) is 18.0 Å². The minimum atomic E-state index is -4.00. The van der Waals surface area contributed by atoms with Crippen molar-refractivity contribution in [3.63, 3.8) is 0 Å². The molecule has 1 amide bonds. The van der Waals surface area contributed by atoms with Gasteiger partial charge in [-0.05, 0) is 79.5 Å². The van der Waals surface area contributed by atoms with Gasteiger partial charge in [0.1, 0.15) is 18.2 Å². The lowest BCUT2D eigenvalue weighted by Crippen LogP contribution is -2.51. The number of sulfonamides is 1. The van der Waals surface area contributed by atoms with Gasteiger partial charge >= 0.3 is 6.09 Å². The van der Waals surface area contributed by atoms with Crippen LogP contribution in [0.4, 0.5) is 13.6 Å². The van der Waals surface area contributed by atoms with Crippen LogP contribution in [0.2, 0.25) is 5.02 Å². The molecule has 2 aromatic carbocycles. The Morgan fingerprint density at radius 2 is 1.61 bits per heavy atom. The van der Waals surface area contributed by atoms with Gasteiger partial charge in [-0.1, -0.05) is 11.6 Å². The first-order valence-corrected chi connectivity index (χ1v) is 14.9. The lowest BCUT2D eigenvalue weighted by molar-refractivity contribution is 0.0549. The highest BCUT2D eigenvalue weighted by Crippen LogP contribution is 2.35. The average Bonchev–Trinajstić information content (AvgIpc) is 3.71. The first kappa shape index (κ1) is 27.3. The summed E-state index contributed by atoms with van der Waals surface area (Å²) in [4.78, 5) is 16.9. The van der Waals surface area contributed by atoms with Crippen molar-refractivity contribution >= 4 is 27.7 Å². The maximum atomic E-state index is 13.9. The first-order valence-electron chi connectivity index (χ1n) is 13.1. The topological polar surface area (TPSA) is 70.2 Å². The Labute approximate surface area is 227 Å². The Morgan fingerprint density at radius 3 is 2.24 bits per heavy atom. The lowest BCUT2D eigenvalue weighted by Gasteiger charge is -2.39. The molecule has 11 heteroatoms. The molecule has 2 aliphatic heterocycles. The SMILES string of the molecule is O=C(OC[C@H]1CCC(c2cc(F)cc(F)c2)CN1S(=O)(=O)c1ccc(Cl)cc1)N1CCN(CC2CC2)CC1. The lowest BCUT2D eigenvalue weighted by atomic mass is 9.88. The highest BCUT2D eigenvalue weighted by molar-refractivity contribution is 7.89. The number of carbonyl (C=O) groups is 1. The van der Waals surface area contributed by atoms with Gasteiger partial charge in [0, 0.05) is 50.4 Å². The summed E-state index contributed by atoms with van der Waals surface area (Å²) in [7, 11) is -4.00. The molecule has 1 unspecified atom stereocenters. The fourth-order valence-electron chi connectivity index (χ4n) is 5.32. The summed E-state index contributed by atoms with van der Waals surface area (Å²) in [6, 6.07) is 8.51. The molecule has 0 N–H and O–H groups in total. The number of ether oxygens (including phenoxy) is 1. The molecule has 0 bridgehead atoms. The Kier molecular flexibility index (Phi) is 8.23. The zero-order valence-corrected chi connectivity index (χ0v) is 22.6. The molecule has 3 aliphatic rings. The Bertz CT molecular complexity index is 1230. The summed E-state index contributed by atoms with van der Waals surface area (Å²) < 4.78 is 62.1. The van der Waals surface area contributed by atoms with E-state index in [1.165, 1.54) is 53.5 Å². The van der Waals surface area contributed by atoms with Crippen molar-refractivity contribution in [3.05, 3.63) is 64.7 Å². The summed E-state index contributed by atoms with van der Waals surface area (Å²) >= 11 is 5.96. The number of amides is 1. The quantitative estimate of drug-likeness (QED) is 0.484. The number of hydrogen-bond donors (Lipinski definition) is 0. The summed E-state index contributed by atoms with van der Waals surface area (Å²) in [5, 5.41) is 0.401. The molecular weight excluding hydrogens is 536 g/mol. The predicted octanol–water partition coefficient (Wildman–Crippen LogP) is 4.72. The van der Waals surface area contributed by atoms with Gasteiger partial charge in [-0.2, -0.15) is 4.31 Å². The van der Waals surface area contributed by atoms with Crippen molar-refractivity contribution < 1.29 is 26.7 Å². The number of piperazine rings is 1. The van der Waals surface area contributed by atoms with E-state index < -0.39 is 39.7 Å². The number of nitrogens with zero attached hydrogens (tertiary/aromatic N) is 3. The van der Waals surface area contributed by atoms with E-state index in [9.17, 15) is 22.0 Å². The van der Waals surface area contributed by atoms with Crippen molar-refractivity contribution in [3.8, 4) is 0 Å². The largest absolute Gasteiger partial charge is 0.448 e. The van der Waals surface area contributed by atoms with Crippen LogP contribution in [0.1, 0.15) is 37.2 Å². The number of piperidine rings is 1. The van der Waals surface area contributed by atoms with Gasteiger partial charge < -0.3 is 9.64 Å². The molecule has 1 saturated carbocycles. The summed E-state index contributed by atoms with van der Waals surface area (Å²) in [5.41, 5.74) is 0.401. The molecule has 7 nitrogen and oxygen atoms in total. The predicted molar refractivity (Wildman–Crippen MR) is 140 cm³/mol. The van der Waals surface area contributed by atoms with Crippen LogP contribution in [0.15, 0.2) is 47.4 Å². The Morgan fingerprint density at radius 1 is 0.947 bits per heavy atom. The van der Waals surface area contributed by atoms with Crippen molar-refractivity contribution in [1.82, 2.24) is 14.1 Å². The normalized spacial score (nSPS) is 23.4. The second kappa shape index (κ2) is 11.5. The average molecular weight is 568 g/mol. The maximum absolute atomic E-state index is 13.9. The number of carbonyl (C=O) groups excluding carboxylic acids is 1. The van der Waals surface area contributed by atoms with Gasteiger partial charge in [-0.15, -0.1) is 0 Å². The highest BCUT2D eigenvalue weighted by atomic mass is 35.5. The van der Waals surface area contributed by atoms with Gasteiger partial charge in [0.05, 0.1) is 10.9 Å². The number of benzene rings is 2. The molecule has 0 spiro atoms. The minimum Gasteiger partial charge on any atom is -0.448 e. The third kappa shape index (κ3) is 6.47. The number of rotatable bonds is 7. The van der Waals surface area contributed by atoms with Crippen LogP contribution in [-0.2, 0) is 14.8 Å². The molecule has 206 valence electrons. The molecule has 5 rings (SSSR count). The molecule has 38 heavy (non-hydrogen) atoms. The Hall–Kier alpha value is -2.27. The highest BCUT2D eigenvalue weighted by Gasteiger charge is 2.39. The van der Waals surface area contributed by atoms with Crippen molar-refractivity contribution in [2.24, 2.45) is 5.92 Å². The van der Waals surface area contributed by atoms with E-state index in [1.54, 1.807) is 4.90 Å². The second-order valence-corrected chi connectivity index (χ2v) is 12.8. The van der Waals surface area contributed by atoms with Gasteiger partial charge in [-0.25, -0.2) is 22.0 Å². The molecule has 1 aliphatic carbocycles. The molecular formula is C27H32ClF2N3O4S. The summed E-state index contributed by atoms with van der Waals surface area (Å²) in [5.74, 6) is -1.03. The smallest absolute Gasteiger partial charge is 0.409 e. The van der Waals surface area contributed by atoms with Crippen LogP contribution >= 0.6 is 11.6 Å². The van der Waals surface area contributed by atoms with Crippen LogP contribution in [-0.4, -0.2) is 80.5 Å². The summed E-state index contributed by atoms with van der Waals surface area (Å²) in [6.45, 7) is 3.76. The fourth-order valence-corrected chi connectivity index (χ4v) is 7.13. The molecule has 2 saturated heterocycles. The van der Waals surface area contributed by atoms with E-state index in [4.69, 9.17) is 16.3 Å². The van der Waals surface area contributed by atoms with Crippen LogP contribution in [0, 0.1) is 17.6 Å². The van der Waals surface area contributed by atoms with E-state index >= 15 is 0 Å². The van der Waals surface area contributed by atoms with Crippen LogP contribution < -0.4 is 0 Å². The minimum absolute atomic E-state index is 0.00983. The third-order valence-electron chi connectivity index (χ3n) is 7.68. The zero-order valence-electron chi connectivity index (χ0n) is 21.1. The molecule has 3 fully saturated rings. The molecule has 0 aromatic heterocycles. The first-order chi connectivity index (χ1) is 18.2. The monoisotopic (exact) mass is 567 g/mol. The van der Waals surface area contributed by atoms with E-state index in [1.807, 2.05) is 0 Å². The van der Waals surface area contributed by atoms with Crippen molar-refractivity contribution in [1.29, 1.82) is 0 Å². The fraction of sp³-hybridized carbons (Fsp3) is 0.519. The van der Waals surface area contributed by atoms with Gasteiger partial charge in [0.25, 0.3) is 0 Å². The molecule has 0 radical (unpaired) electrons. The molecule has 2 heterocycles. The van der Waals surface area contributed by atoms with Crippen LogP contribution in [0.3, 0.4) is 0 Å². The maximum Gasteiger partial charge on any atom is 0.409 e. The third-order valence-corrected chi connectivity index (χ3v) is 9.86. The van der Waals surface area contributed by atoms with E-state index in [0.29, 0.717) is 36.5 Å². The number of halogens is 3. The van der Waals surface area contributed by atoms with Crippen molar-refractivity contribution in [2.45, 2.75) is 42.5 Å². The number of hydrogen-bond acceptors (Lipinski definition) is 5. The summed E-state index contributed by atoms with van der Waals surface area (Å²) in [6.07, 6.45) is 2.99. The molecule has 2 aromatic rings. The van der Waals surface area contributed by atoms with E-state index in [0.717, 1.165) is 31.6 Å². The van der Waals surface area contributed by atoms with Crippen LogP contribution in [0.25, 0.3) is 0 Å². The van der Waals surface area contributed by atoms with Crippen molar-refractivity contribution in [2.75, 3.05) is 45.9 Å². The second-order valence-electron chi connectivity index (χ2n) is 10.5. The standard InChI is InChI=1S/C27H32ClF2N3O4S/c28-22-4-7-26(8-5-22)38(35,36)33-17-20(21-13-23(29)15-24(30)14-21)3-6-25(33)18-37-27(34)32-11-9-31(10-12-32)16-19-1-2-19/h4-5,7-8,13-15,19-20,25H,1-3,6,9-12,16-18H2/t20?,25-/m1/s1. The van der Waals surface area contributed by atoms with Gasteiger partial charge in [0.2, 0.25) is 10.0 Å². The van der Waals surface area contributed by atoms with E-state index in [2.05, 4.69) is 4.90 Å². The van der Waals surface area contributed by atoms with Gasteiger partial charge in [-0.3, -0.25) is 4.90 Å². The Balaban J connectivity index is 1.28. The van der Waals surface area contributed by atoms with Crippen LogP contribution in [0.5, 0.6) is 0 Å². The van der Waals surface area contributed by atoms with Gasteiger partial charge in [0.15, 0.2) is 0 Å².